The SMILES string of the molecule is O[Si](O)(O)O.[CH3-].[K+]. The third-order valence-corrected chi connectivity index (χ3v) is 0. The van der Waals surface area contributed by atoms with Crippen LogP contribution in [-0.2, 0) is 0 Å². The van der Waals surface area contributed by atoms with Gasteiger partial charge in [0.25, 0.3) is 0 Å². The average Bonchev–Trinajstić information content (AvgIpc) is 0.722. The van der Waals surface area contributed by atoms with Gasteiger partial charge < -0.3 is 26.6 Å². The third kappa shape index (κ3) is 87.0. The van der Waals surface area contributed by atoms with Gasteiger partial charge in [0.1, 0.15) is 0 Å². The first kappa shape index (κ1) is 15.9. The van der Waals surface area contributed by atoms with E-state index in [0.29, 0.717) is 0 Å². The summed E-state index contributed by atoms with van der Waals surface area (Å²) < 4.78 is 0. The van der Waals surface area contributed by atoms with Crippen molar-refractivity contribution in [2.75, 3.05) is 0 Å². The van der Waals surface area contributed by atoms with Crippen LogP contribution in [0.15, 0.2) is 0 Å². The molecule has 0 aromatic rings. The summed E-state index contributed by atoms with van der Waals surface area (Å²) in [5.41, 5.74) is 0. The second-order valence-electron chi connectivity index (χ2n) is 0.600. The van der Waals surface area contributed by atoms with E-state index in [-0.39, 0.29) is 58.8 Å². The Morgan fingerprint density at radius 3 is 0.857 bits per heavy atom. The van der Waals surface area contributed by atoms with Crippen LogP contribution in [0.5, 0.6) is 0 Å². The molecular formula is CH7KO4Si. The molecule has 7 heavy (non-hydrogen) atoms. The molecule has 0 rings (SSSR count). The van der Waals surface area contributed by atoms with Crippen LogP contribution in [0, 0.1) is 7.43 Å². The molecule has 0 bridgehead atoms. The van der Waals surface area contributed by atoms with Crippen LogP contribution in [-0.4, -0.2) is 28.2 Å². The zero-order valence-electron chi connectivity index (χ0n) is 4.29. The van der Waals surface area contributed by atoms with Crippen molar-refractivity contribution in [1.82, 2.24) is 0 Å². The second-order valence-corrected chi connectivity index (χ2v) is 1.80. The Bertz CT molecular complexity index is 27.2. The molecule has 0 saturated carbocycles. The van der Waals surface area contributed by atoms with Gasteiger partial charge in [-0.2, -0.15) is 0 Å². The fourth-order valence-electron chi connectivity index (χ4n) is 0. The average molecular weight is 150 g/mol. The quantitative estimate of drug-likeness (QED) is 0.206. The maximum atomic E-state index is 7.33. The summed E-state index contributed by atoms with van der Waals surface area (Å²) in [6.07, 6.45) is 0. The summed E-state index contributed by atoms with van der Waals surface area (Å²) >= 11 is 0. The number of hydrogen-bond acceptors (Lipinski definition) is 4. The molecule has 6 heteroatoms. The molecule has 4 nitrogen and oxygen atoms in total. The predicted octanol–water partition coefficient (Wildman–Crippen LogP) is -5.15. The van der Waals surface area contributed by atoms with E-state index in [9.17, 15) is 0 Å². The molecule has 0 radical (unpaired) electrons. The molecule has 0 unspecified atom stereocenters. The van der Waals surface area contributed by atoms with E-state index in [1.54, 1.807) is 0 Å². The minimum absolute atomic E-state index is 0. The monoisotopic (exact) mass is 150 g/mol. The van der Waals surface area contributed by atoms with Gasteiger partial charge in [-0.05, 0) is 0 Å². The third-order valence-electron chi connectivity index (χ3n) is 0. The van der Waals surface area contributed by atoms with Gasteiger partial charge in [0.05, 0.1) is 0 Å². The first-order valence-corrected chi connectivity index (χ1v) is 2.68. The predicted molar refractivity (Wildman–Crippen MR) is 21.0 cm³/mol. The fraction of sp³-hybridized carbons (Fsp3) is 0. The van der Waals surface area contributed by atoms with Crippen molar-refractivity contribution in [3.8, 4) is 0 Å². The first-order chi connectivity index (χ1) is 2.00. The maximum absolute atomic E-state index is 7.33. The van der Waals surface area contributed by atoms with Crippen LogP contribution in [0.25, 0.3) is 0 Å². The first-order valence-electron chi connectivity index (χ1n) is 0.894. The normalized spacial score (nSPS) is 8.57. The topological polar surface area (TPSA) is 80.9 Å². The summed E-state index contributed by atoms with van der Waals surface area (Å²) in [4.78, 5) is 29.3. The Morgan fingerprint density at radius 1 is 0.857 bits per heavy atom. The number of rotatable bonds is 0. The Kier molecular flexibility index (Phi) is 13.2. The van der Waals surface area contributed by atoms with Gasteiger partial charge in [0.2, 0.25) is 0 Å². The Labute approximate surface area is 85.7 Å². The molecule has 0 aromatic heterocycles. The van der Waals surface area contributed by atoms with Crippen molar-refractivity contribution in [2.24, 2.45) is 0 Å². The van der Waals surface area contributed by atoms with Crippen molar-refractivity contribution >= 4 is 9.05 Å². The van der Waals surface area contributed by atoms with Crippen LogP contribution in [0.1, 0.15) is 0 Å². The zero-order chi connectivity index (χ0) is 4.50. The van der Waals surface area contributed by atoms with Gasteiger partial charge in [-0.3, -0.25) is 0 Å². The molecule has 0 heterocycles. The number of hydrogen-bond donors (Lipinski definition) is 4. The summed E-state index contributed by atoms with van der Waals surface area (Å²) in [6.45, 7) is 0. The van der Waals surface area contributed by atoms with E-state index < -0.39 is 9.05 Å². The van der Waals surface area contributed by atoms with Crippen molar-refractivity contribution in [3.63, 3.8) is 0 Å². The summed E-state index contributed by atoms with van der Waals surface area (Å²) in [6, 6.07) is 0. The molecule has 4 N–H and O–H groups in total. The largest absolute Gasteiger partial charge is 1.00 e. The summed E-state index contributed by atoms with van der Waals surface area (Å²) in [5.74, 6) is 0. The molecule has 0 atom stereocenters. The standard InChI is InChI=1S/CH3.K.H4O4Si/c;;1-5(2,3)4/h1H3;;1-4H/q-1;+1;. The molecule has 0 aliphatic heterocycles. The Balaban J connectivity index is -0.0000000800. The molecule has 0 amide bonds. The Morgan fingerprint density at radius 2 is 0.857 bits per heavy atom. The summed E-state index contributed by atoms with van der Waals surface area (Å²) in [5, 5.41) is 0. The molecular weight excluding hydrogens is 143 g/mol. The van der Waals surface area contributed by atoms with E-state index in [0.717, 1.165) is 0 Å². The van der Waals surface area contributed by atoms with Crippen molar-refractivity contribution in [1.29, 1.82) is 0 Å². The minimum atomic E-state index is -4.61. The van der Waals surface area contributed by atoms with Gasteiger partial charge in [-0.15, -0.1) is 0 Å². The second kappa shape index (κ2) is 5.82. The molecule has 0 fully saturated rings. The van der Waals surface area contributed by atoms with E-state index in [2.05, 4.69) is 0 Å². The van der Waals surface area contributed by atoms with Crippen molar-refractivity contribution < 1.29 is 70.6 Å². The van der Waals surface area contributed by atoms with Gasteiger partial charge in [0, 0.05) is 0 Å². The zero-order valence-corrected chi connectivity index (χ0v) is 8.41. The minimum Gasteiger partial charge on any atom is -0.368 e. The molecule has 0 spiro atoms. The van der Waals surface area contributed by atoms with Crippen LogP contribution >= 0.6 is 0 Å². The van der Waals surface area contributed by atoms with E-state index in [1.807, 2.05) is 0 Å². The van der Waals surface area contributed by atoms with Gasteiger partial charge in [-0.25, -0.2) is 0 Å². The van der Waals surface area contributed by atoms with Crippen LogP contribution in [0.3, 0.4) is 0 Å². The smallest absolute Gasteiger partial charge is 0.368 e. The van der Waals surface area contributed by atoms with Crippen molar-refractivity contribution in [2.45, 2.75) is 0 Å². The fourth-order valence-corrected chi connectivity index (χ4v) is 0. The molecule has 0 aromatic carbocycles. The van der Waals surface area contributed by atoms with E-state index in [1.165, 1.54) is 0 Å². The molecule has 0 aliphatic rings. The molecule has 0 saturated heterocycles. The van der Waals surface area contributed by atoms with E-state index in [4.69, 9.17) is 19.2 Å². The van der Waals surface area contributed by atoms with Crippen LogP contribution in [0.4, 0.5) is 0 Å². The Hall–Kier alpha value is 1.69. The van der Waals surface area contributed by atoms with Crippen LogP contribution < -0.4 is 51.4 Å². The van der Waals surface area contributed by atoms with Crippen LogP contribution in [0.2, 0.25) is 0 Å². The molecule has 0 aliphatic carbocycles. The van der Waals surface area contributed by atoms with Gasteiger partial charge in [-0.1, -0.05) is 0 Å². The van der Waals surface area contributed by atoms with E-state index >= 15 is 0 Å². The van der Waals surface area contributed by atoms with Gasteiger partial charge >= 0.3 is 60.4 Å². The van der Waals surface area contributed by atoms with Crippen molar-refractivity contribution in [3.05, 3.63) is 7.43 Å². The van der Waals surface area contributed by atoms with Gasteiger partial charge in [0.15, 0.2) is 0 Å². The summed E-state index contributed by atoms with van der Waals surface area (Å²) in [7, 11) is -4.61. The molecule has 40 valence electrons. The maximum Gasteiger partial charge on any atom is 1.00 e.